The van der Waals surface area contributed by atoms with Gasteiger partial charge in [0, 0.05) is 19.0 Å². The summed E-state index contributed by atoms with van der Waals surface area (Å²) in [4.78, 5) is 18.6. The first-order valence-corrected chi connectivity index (χ1v) is 4.11. The largest absolute Gasteiger partial charge is 0.293 e. The highest BCUT2D eigenvalue weighted by Gasteiger charge is 2.24. The molecule has 64 valence electrons. The minimum absolute atomic E-state index is 0.770. The van der Waals surface area contributed by atoms with Gasteiger partial charge in [0.2, 0.25) is 5.96 Å². The van der Waals surface area contributed by atoms with Crippen LogP contribution in [0, 0.1) is 0 Å². The zero-order valence-electron chi connectivity index (χ0n) is 6.88. The summed E-state index contributed by atoms with van der Waals surface area (Å²) in [5, 5.41) is 0. The van der Waals surface area contributed by atoms with Crippen LogP contribution in [-0.2, 0) is 0 Å². The van der Waals surface area contributed by atoms with Crippen molar-refractivity contribution in [1.29, 1.82) is 0 Å². The average Bonchev–Trinajstić information content (AvgIpc) is 2.65. The van der Waals surface area contributed by atoms with E-state index in [9.17, 15) is 0 Å². The maximum Gasteiger partial charge on any atom is 0.226 e. The van der Waals surface area contributed by atoms with E-state index in [0.717, 1.165) is 30.4 Å². The van der Waals surface area contributed by atoms with Gasteiger partial charge in [0.1, 0.15) is 12.1 Å². The van der Waals surface area contributed by atoms with Crippen LogP contribution in [0.1, 0.15) is 5.56 Å². The summed E-state index contributed by atoms with van der Waals surface area (Å²) in [6.07, 6.45) is 5.07. The van der Waals surface area contributed by atoms with Crippen LogP contribution in [0.25, 0.3) is 0 Å². The number of fused-ring (bicyclic) bond motifs is 3. The lowest BCUT2D eigenvalue weighted by Crippen LogP contribution is -2.30. The van der Waals surface area contributed by atoms with E-state index in [0.29, 0.717) is 0 Å². The third-order valence-corrected chi connectivity index (χ3v) is 2.11. The Labute approximate surface area is 74.9 Å². The lowest BCUT2D eigenvalue weighted by molar-refractivity contribution is 0.981. The molecule has 0 spiro atoms. The van der Waals surface area contributed by atoms with Gasteiger partial charge in [0.05, 0.1) is 12.1 Å². The van der Waals surface area contributed by atoms with E-state index in [-0.39, 0.29) is 0 Å². The molecule has 2 aliphatic heterocycles. The van der Waals surface area contributed by atoms with E-state index in [1.165, 1.54) is 0 Å². The van der Waals surface area contributed by atoms with Crippen LogP contribution in [0.3, 0.4) is 0 Å². The second kappa shape index (κ2) is 2.35. The first-order valence-electron chi connectivity index (χ1n) is 4.11. The van der Waals surface area contributed by atoms with Crippen LogP contribution in [0.15, 0.2) is 22.5 Å². The molecule has 3 rings (SSSR count). The Morgan fingerprint density at radius 3 is 3.38 bits per heavy atom. The van der Waals surface area contributed by atoms with E-state index >= 15 is 0 Å². The molecule has 0 amide bonds. The van der Waals surface area contributed by atoms with Crippen molar-refractivity contribution in [3.8, 4) is 0 Å². The number of anilines is 1. The summed E-state index contributed by atoms with van der Waals surface area (Å²) < 4.78 is 0. The molecule has 0 atom stereocenters. The van der Waals surface area contributed by atoms with E-state index in [2.05, 4.69) is 20.0 Å². The molecule has 1 aromatic heterocycles. The molecule has 1 aromatic rings. The highest BCUT2D eigenvalue weighted by molar-refractivity contribution is 6.10. The third kappa shape index (κ3) is 0.867. The van der Waals surface area contributed by atoms with Crippen LogP contribution in [-0.4, -0.2) is 35.2 Å². The highest BCUT2D eigenvalue weighted by Crippen LogP contribution is 2.21. The highest BCUT2D eigenvalue weighted by atomic mass is 15.4. The number of rotatable bonds is 0. The summed E-state index contributed by atoms with van der Waals surface area (Å²) in [7, 11) is 0. The maximum atomic E-state index is 4.24. The van der Waals surface area contributed by atoms with E-state index in [4.69, 9.17) is 0 Å². The van der Waals surface area contributed by atoms with Crippen molar-refractivity contribution >= 4 is 18.0 Å². The number of hydrogen-bond donors (Lipinski definition) is 0. The second-order valence-corrected chi connectivity index (χ2v) is 2.89. The molecular weight excluding hydrogens is 166 g/mol. The predicted molar refractivity (Wildman–Crippen MR) is 49.3 cm³/mol. The SMILES string of the molecule is C1=NC2=NCCN2c2ncncc21. The summed E-state index contributed by atoms with van der Waals surface area (Å²) in [5.41, 5.74) is 0.961. The average molecular weight is 173 g/mol. The van der Waals surface area contributed by atoms with Crippen LogP contribution in [0.5, 0.6) is 0 Å². The van der Waals surface area contributed by atoms with E-state index < -0.39 is 0 Å². The van der Waals surface area contributed by atoms with Gasteiger partial charge in [0.15, 0.2) is 0 Å². The molecule has 3 heterocycles. The molecule has 0 radical (unpaired) electrons. The van der Waals surface area contributed by atoms with Gasteiger partial charge in [-0.2, -0.15) is 0 Å². The Hall–Kier alpha value is -1.78. The quantitative estimate of drug-likeness (QED) is 0.558. The Kier molecular flexibility index (Phi) is 1.21. The van der Waals surface area contributed by atoms with Crippen LogP contribution in [0.4, 0.5) is 5.82 Å². The van der Waals surface area contributed by atoms with Gasteiger partial charge in [-0.1, -0.05) is 0 Å². The fourth-order valence-corrected chi connectivity index (χ4v) is 1.52. The molecule has 5 heteroatoms. The molecule has 0 unspecified atom stereocenters. The number of aliphatic imine (C=N–C) groups is 2. The predicted octanol–water partition coefficient (Wildman–Crippen LogP) is 0.0851. The van der Waals surface area contributed by atoms with Crippen molar-refractivity contribution in [3.05, 3.63) is 18.1 Å². The van der Waals surface area contributed by atoms with Crippen molar-refractivity contribution in [2.45, 2.75) is 0 Å². The second-order valence-electron chi connectivity index (χ2n) is 2.89. The van der Waals surface area contributed by atoms with Gasteiger partial charge in [-0.05, 0) is 0 Å². The van der Waals surface area contributed by atoms with Crippen LogP contribution < -0.4 is 4.90 Å². The first kappa shape index (κ1) is 6.71. The summed E-state index contributed by atoms with van der Waals surface area (Å²) in [5.74, 6) is 1.69. The van der Waals surface area contributed by atoms with Gasteiger partial charge in [-0.3, -0.25) is 4.90 Å². The molecule has 0 saturated heterocycles. The van der Waals surface area contributed by atoms with Crippen molar-refractivity contribution in [1.82, 2.24) is 9.97 Å². The number of guanidine groups is 1. The zero-order valence-corrected chi connectivity index (χ0v) is 6.88. The minimum Gasteiger partial charge on any atom is -0.293 e. The van der Waals surface area contributed by atoms with Crippen molar-refractivity contribution in [2.24, 2.45) is 9.98 Å². The molecule has 2 aliphatic rings. The van der Waals surface area contributed by atoms with Gasteiger partial charge in [-0.25, -0.2) is 20.0 Å². The molecule has 0 bridgehead atoms. The number of nitrogens with zero attached hydrogens (tertiary/aromatic N) is 5. The first-order chi connectivity index (χ1) is 6.45. The lowest BCUT2D eigenvalue weighted by atomic mass is 10.3. The molecule has 0 aromatic carbocycles. The molecule has 0 N–H and O–H groups in total. The van der Waals surface area contributed by atoms with Gasteiger partial charge < -0.3 is 0 Å². The van der Waals surface area contributed by atoms with E-state index in [1.54, 1.807) is 18.7 Å². The maximum absolute atomic E-state index is 4.24. The van der Waals surface area contributed by atoms with Gasteiger partial charge in [-0.15, -0.1) is 0 Å². The standard InChI is InChI=1S/C8H7N5/c1-2-13-7-6(3-9-5-12-7)4-11-8(13)10-1/h3-5H,1-2H2. The Morgan fingerprint density at radius 1 is 1.38 bits per heavy atom. The molecule has 0 fully saturated rings. The molecule has 0 saturated carbocycles. The van der Waals surface area contributed by atoms with Crippen molar-refractivity contribution in [3.63, 3.8) is 0 Å². The Bertz CT molecular complexity index is 409. The minimum atomic E-state index is 0.770. The molecule has 0 aliphatic carbocycles. The van der Waals surface area contributed by atoms with Crippen LogP contribution in [0.2, 0.25) is 0 Å². The van der Waals surface area contributed by atoms with Crippen molar-refractivity contribution in [2.75, 3.05) is 18.0 Å². The van der Waals surface area contributed by atoms with Gasteiger partial charge in [0.25, 0.3) is 0 Å². The third-order valence-electron chi connectivity index (χ3n) is 2.11. The topological polar surface area (TPSA) is 53.7 Å². The lowest BCUT2D eigenvalue weighted by Gasteiger charge is -2.20. The monoisotopic (exact) mass is 173 g/mol. The Balaban J connectivity index is 2.20. The summed E-state index contributed by atoms with van der Waals surface area (Å²) >= 11 is 0. The van der Waals surface area contributed by atoms with Crippen molar-refractivity contribution < 1.29 is 0 Å². The zero-order chi connectivity index (χ0) is 8.67. The molecule has 5 nitrogen and oxygen atoms in total. The smallest absolute Gasteiger partial charge is 0.226 e. The van der Waals surface area contributed by atoms with Crippen LogP contribution >= 0.6 is 0 Å². The van der Waals surface area contributed by atoms with Gasteiger partial charge >= 0.3 is 0 Å². The molecule has 13 heavy (non-hydrogen) atoms. The number of hydrogen-bond acceptors (Lipinski definition) is 5. The normalized spacial score (nSPS) is 18.2. The Morgan fingerprint density at radius 2 is 2.38 bits per heavy atom. The summed E-state index contributed by atoms with van der Waals surface area (Å²) in [6, 6.07) is 0. The van der Waals surface area contributed by atoms with E-state index in [1.807, 2.05) is 4.90 Å². The molecular formula is C8H7N5. The number of aromatic nitrogens is 2. The summed E-state index contributed by atoms with van der Waals surface area (Å²) in [6.45, 7) is 1.67. The fraction of sp³-hybridized carbons (Fsp3) is 0.250. The fourth-order valence-electron chi connectivity index (χ4n) is 1.52.